The Kier molecular flexibility index (Phi) is 9.35. The molecule has 0 unspecified atom stereocenters. The van der Waals surface area contributed by atoms with Gasteiger partial charge in [-0.2, -0.15) is 0 Å². The second kappa shape index (κ2) is 10.8. The van der Waals surface area contributed by atoms with Crippen LogP contribution in [0.4, 0.5) is 0 Å². The summed E-state index contributed by atoms with van der Waals surface area (Å²) in [5, 5.41) is 0. The molecule has 0 atom stereocenters. The van der Waals surface area contributed by atoms with E-state index in [0.717, 1.165) is 52.4 Å². The lowest BCUT2D eigenvalue weighted by atomic mass is 10.2. The quantitative estimate of drug-likeness (QED) is 0.438. The number of aryl methyl sites for hydroxylation is 2. The molecular weight excluding hydrogens is 264 g/mol. The molecule has 1 aromatic heterocycles. The van der Waals surface area contributed by atoms with E-state index in [1.165, 1.54) is 0 Å². The van der Waals surface area contributed by atoms with Crippen molar-refractivity contribution in [3.63, 3.8) is 0 Å². The van der Waals surface area contributed by atoms with Crippen molar-refractivity contribution < 1.29 is 14.0 Å². The first-order valence-electron chi connectivity index (χ1n) is 8.28. The maximum absolute atomic E-state index is 5.60. The van der Waals surface area contributed by atoms with E-state index in [9.17, 15) is 0 Å². The molecule has 0 bridgehead atoms. The van der Waals surface area contributed by atoms with Crippen LogP contribution in [0, 0.1) is 11.8 Å². The molecule has 21 heavy (non-hydrogen) atoms. The third-order valence-corrected chi connectivity index (χ3v) is 3.06. The minimum atomic E-state index is 0.622. The molecule has 0 aliphatic rings. The Morgan fingerprint density at radius 3 is 2.19 bits per heavy atom. The van der Waals surface area contributed by atoms with Gasteiger partial charge < -0.3 is 9.47 Å². The average Bonchev–Trinajstić information content (AvgIpc) is 2.85. The first-order valence-corrected chi connectivity index (χ1v) is 8.28. The lowest BCUT2D eigenvalue weighted by molar-refractivity contribution is -0.697. The van der Waals surface area contributed by atoms with Crippen LogP contribution in [-0.4, -0.2) is 31.0 Å². The Hall–Kier alpha value is -0.870. The van der Waals surface area contributed by atoms with Gasteiger partial charge in [0.05, 0.1) is 26.3 Å². The van der Waals surface area contributed by atoms with Crippen molar-refractivity contribution in [2.75, 3.05) is 26.4 Å². The summed E-state index contributed by atoms with van der Waals surface area (Å²) in [7, 11) is 0. The number of ether oxygens (including phenoxy) is 2. The highest BCUT2D eigenvalue weighted by molar-refractivity contribution is 4.66. The predicted molar refractivity (Wildman–Crippen MR) is 85.2 cm³/mol. The Labute approximate surface area is 130 Å². The fourth-order valence-corrected chi connectivity index (χ4v) is 2.04. The first-order chi connectivity index (χ1) is 10.1. The van der Waals surface area contributed by atoms with Gasteiger partial charge in [-0.15, -0.1) is 0 Å². The number of rotatable bonds is 12. The molecule has 0 saturated carbocycles. The molecule has 0 fully saturated rings. The van der Waals surface area contributed by atoms with Crippen molar-refractivity contribution in [3.8, 4) is 0 Å². The van der Waals surface area contributed by atoms with E-state index in [0.29, 0.717) is 11.8 Å². The minimum absolute atomic E-state index is 0.622. The summed E-state index contributed by atoms with van der Waals surface area (Å²) in [5.41, 5.74) is 0. The standard InChI is InChI=1S/C17H33N2O2/c1-16(2)13-20-11-5-7-18-9-10-19(15-18)8-6-12-21-14-17(3)4/h9-10,15-17H,5-8,11-14H2,1-4H3/q+1. The second-order valence-electron chi connectivity index (χ2n) is 6.53. The number of nitrogens with zero attached hydrogens (tertiary/aromatic N) is 2. The fraction of sp³-hybridized carbons (Fsp3) is 0.824. The molecule has 0 radical (unpaired) electrons. The van der Waals surface area contributed by atoms with E-state index < -0.39 is 0 Å². The highest BCUT2D eigenvalue weighted by Gasteiger charge is 2.04. The molecule has 1 heterocycles. The van der Waals surface area contributed by atoms with Gasteiger partial charge in [-0.05, 0) is 11.8 Å². The van der Waals surface area contributed by atoms with Crippen LogP contribution in [0.15, 0.2) is 18.7 Å². The molecule has 0 aliphatic carbocycles. The van der Waals surface area contributed by atoms with Gasteiger partial charge in [0.15, 0.2) is 0 Å². The molecule has 1 rings (SSSR count). The zero-order valence-electron chi connectivity index (χ0n) is 14.3. The Morgan fingerprint density at radius 2 is 1.57 bits per heavy atom. The molecule has 4 heteroatoms. The normalized spacial score (nSPS) is 11.7. The summed E-state index contributed by atoms with van der Waals surface area (Å²) in [6.45, 7) is 14.2. The van der Waals surface area contributed by atoms with Gasteiger partial charge in [-0.25, -0.2) is 9.13 Å². The van der Waals surface area contributed by atoms with E-state index in [4.69, 9.17) is 9.47 Å². The maximum atomic E-state index is 5.60. The Morgan fingerprint density at radius 1 is 0.952 bits per heavy atom. The van der Waals surface area contributed by atoms with Crippen LogP contribution in [0.25, 0.3) is 0 Å². The largest absolute Gasteiger partial charge is 0.381 e. The molecule has 0 spiro atoms. The van der Waals surface area contributed by atoms with Crippen LogP contribution in [0.3, 0.4) is 0 Å². The van der Waals surface area contributed by atoms with Crippen LogP contribution in [-0.2, 0) is 22.6 Å². The van der Waals surface area contributed by atoms with E-state index in [1.54, 1.807) is 0 Å². The summed E-state index contributed by atoms with van der Waals surface area (Å²) in [6.07, 6.45) is 8.58. The molecule has 4 nitrogen and oxygen atoms in total. The average molecular weight is 297 g/mol. The predicted octanol–water partition coefficient (Wildman–Crippen LogP) is 2.90. The van der Waals surface area contributed by atoms with Gasteiger partial charge in [0, 0.05) is 26.1 Å². The first kappa shape index (κ1) is 18.2. The maximum Gasteiger partial charge on any atom is 0.243 e. The van der Waals surface area contributed by atoms with Gasteiger partial charge >= 0.3 is 0 Å². The van der Waals surface area contributed by atoms with Crippen LogP contribution >= 0.6 is 0 Å². The lowest BCUT2D eigenvalue weighted by Crippen LogP contribution is -2.31. The van der Waals surface area contributed by atoms with Crippen molar-refractivity contribution >= 4 is 0 Å². The summed E-state index contributed by atoms with van der Waals surface area (Å²) < 4.78 is 15.7. The third kappa shape index (κ3) is 9.64. The van der Waals surface area contributed by atoms with Gasteiger partial charge in [-0.3, -0.25) is 0 Å². The number of hydrogen-bond donors (Lipinski definition) is 0. The molecule has 0 amide bonds. The fourth-order valence-electron chi connectivity index (χ4n) is 2.04. The van der Waals surface area contributed by atoms with Crippen molar-refractivity contribution in [3.05, 3.63) is 18.7 Å². The van der Waals surface area contributed by atoms with Crippen molar-refractivity contribution in [1.29, 1.82) is 0 Å². The third-order valence-electron chi connectivity index (χ3n) is 3.06. The molecule has 0 aliphatic heterocycles. The summed E-state index contributed by atoms with van der Waals surface area (Å²) >= 11 is 0. The summed E-state index contributed by atoms with van der Waals surface area (Å²) in [6, 6.07) is 0. The monoisotopic (exact) mass is 297 g/mol. The summed E-state index contributed by atoms with van der Waals surface area (Å²) in [4.78, 5) is 0. The highest BCUT2D eigenvalue weighted by Crippen LogP contribution is 1.96. The van der Waals surface area contributed by atoms with Gasteiger partial charge in [-0.1, -0.05) is 27.7 Å². The van der Waals surface area contributed by atoms with Gasteiger partial charge in [0.1, 0.15) is 12.4 Å². The molecule has 1 aromatic rings. The van der Waals surface area contributed by atoms with Crippen molar-refractivity contribution in [2.24, 2.45) is 11.8 Å². The number of hydrogen-bond acceptors (Lipinski definition) is 2. The van der Waals surface area contributed by atoms with E-state index in [2.05, 4.69) is 55.6 Å². The molecule has 0 aromatic carbocycles. The Bertz CT molecular complexity index is 329. The molecule has 0 saturated heterocycles. The van der Waals surface area contributed by atoms with Crippen LogP contribution in [0.2, 0.25) is 0 Å². The van der Waals surface area contributed by atoms with E-state index in [-0.39, 0.29) is 0 Å². The van der Waals surface area contributed by atoms with Crippen molar-refractivity contribution in [1.82, 2.24) is 4.57 Å². The van der Waals surface area contributed by atoms with Crippen LogP contribution < -0.4 is 4.57 Å². The zero-order chi connectivity index (χ0) is 15.5. The minimum Gasteiger partial charge on any atom is -0.381 e. The number of imidazole rings is 1. The number of aromatic nitrogens is 2. The van der Waals surface area contributed by atoms with Gasteiger partial charge in [0.25, 0.3) is 0 Å². The SMILES string of the molecule is CC(C)COCCCn1cc[n+](CCCOCC(C)C)c1. The van der Waals surface area contributed by atoms with E-state index >= 15 is 0 Å². The van der Waals surface area contributed by atoms with E-state index in [1.807, 2.05) is 0 Å². The topological polar surface area (TPSA) is 27.3 Å². The van der Waals surface area contributed by atoms with Gasteiger partial charge in [0.2, 0.25) is 6.33 Å². The smallest absolute Gasteiger partial charge is 0.243 e. The zero-order valence-corrected chi connectivity index (χ0v) is 14.3. The molecular formula is C17H33N2O2+. The lowest BCUT2D eigenvalue weighted by Gasteiger charge is -2.05. The second-order valence-corrected chi connectivity index (χ2v) is 6.53. The Balaban J connectivity index is 2.07. The van der Waals surface area contributed by atoms with Crippen LogP contribution in [0.5, 0.6) is 0 Å². The van der Waals surface area contributed by atoms with Crippen molar-refractivity contribution in [2.45, 2.75) is 53.6 Å². The van der Waals surface area contributed by atoms with Crippen LogP contribution in [0.1, 0.15) is 40.5 Å². The molecule has 0 N–H and O–H groups in total. The highest BCUT2D eigenvalue weighted by atomic mass is 16.5. The summed E-state index contributed by atoms with van der Waals surface area (Å²) in [5.74, 6) is 1.24. The molecule has 122 valence electrons.